The molecule has 2 aromatic carbocycles. The summed E-state index contributed by atoms with van der Waals surface area (Å²) in [6.07, 6.45) is 3.04. The highest BCUT2D eigenvalue weighted by molar-refractivity contribution is 6.06. The summed E-state index contributed by atoms with van der Waals surface area (Å²) in [5.41, 5.74) is 0.204. The van der Waals surface area contributed by atoms with Crippen LogP contribution < -0.4 is 10.2 Å². The van der Waals surface area contributed by atoms with Gasteiger partial charge in [0.15, 0.2) is 0 Å². The van der Waals surface area contributed by atoms with Gasteiger partial charge in [-0.2, -0.15) is 0 Å². The van der Waals surface area contributed by atoms with Gasteiger partial charge in [-0.05, 0) is 37.5 Å². The fourth-order valence-corrected chi connectivity index (χ4v) is 3.15. The van der Waals surface area contributed by atoms with E-state index in [4.69, 9.17) is 0 Å². The summed E-state index contributed by atoms with van der Waals surface area (Å²) in [6.45, 7) is 1.48. The van der Waals surface area contributed by atoms with Crippen molar-refractivity contribution in [2.24, 2.45) is 0 Å². The highest BCUT2D eigenvalue weighted by Gasteiger charge is 2.24. The van der Waals surface area contributed by atoms with Crippen LogP contribution in [0.3, 0.4) is 0 Å². The van der Waals surface area contributed by atoms with E-state index in [2.05, 4.69) is 5.32 Å². The molecule has 1 fully saturated rings. The molecule has 1 heterocycles. The molecule has 1 amide bonds. The third kappa shape index (κ3) is 4.02. The van der Waals surface area contributed by atoms with Crippen LogP contribution in [0.15, 0.2) is 42.5 Å². The average molecular weight is 370 g/mol. The summed E-state index contributed by atoms with van der Waals surface area (Å²) < 4.78 is 0. The largest absolute Gasteiger partial charge is 0.366 e. The molecule has 3 rings (SSSR count). The molecule has 0 spiro atoms. The molecule has 1 saturated heterocycles. The van der Waals surface area contributed by atoms with Crippen molar-refractivity contribution >= 4 is 28.7 Å². The molecular weight excluding hydrogens is 352 g/mol. The number of para-hydroxylation sites is 2. The molecule has 1 N–H and O–H groups in total. The first-order valence-corrected chi connectivity index (χ1v) is 8.55. The lowest BCUT2D eigenvalue weighted by atomic mass is 10.1. The monoisotopic (exact) mass is 370 g/mol. The van der Waals surface area contributed by atoms with Crippen LogP contribution in [0.4, 0.5) is 22.7 Å². The first-order valence-electron chi connectivity index (χ1n) is 8.55. The zero-order valence-electron chi connectivity index (χ0n) is 14.5. The molecule has 1 aliphatic heterocycles. The van der Waals surface area contributed by atoms with E-state index in [0.29, 0.717) is 5.69 Å². The summed E-state index contributed by atoms with van der Waals surface area (Å²) in [6, 6.07) is 10.0. The van der Waals surface area contributed by atoms with Crippen LogP contribution in [0, 0.1) is 20.2 Å². The fraction of sp³-hybridized carbons (Fsp3) is 0.278. The number of nitrogens with one attached hydrogen (secondary N) is 1. The number of carbonyl (C=O) groups excluding carboxylic acids is 1. The maximum Gasteiger partial charge on any atom is 0.293 e. The summed E-state index contributed by atoms with van der Waals surface area (Å²) in [7, 11) is 0. The first-order chi connectivity index (χ1) is 13.0. The van der Waals surface area contributed by atoms with Gasteiger partial charge < -0.3 is 10.2 Å². The Morgan fingerprint density at radius 1 is 0.926 bits per heavy atom. The zero-order valence-corrected chi connectivity index (χ0v) is 14.5. The van der Waals surface area contributed by atoms with Crippen molar-refractivity contribution in [2.45, 2.75) is 19.3 Å². The normalized spacial score (nSPS) is 13.9. The predicted molar refractivity (Wildman–Crippen MR) is 100 cm³/mol. The quantitative estimate of drug-likeness (QED) is 0.632. The lowest BCUT2D eigenvalue weighted by Crippen LogP contribution is -2.30. The number of benzene rings is 2. The fourth-order valence-electron chi connectivity index (χ4n) is 3.15. The van der Waals surface area contributed by atoms with Gasteiger partial charge in [-0.3, -0.25) is 25.0 Å². The Hall–Kier alpha value is -3.49. The lowest BCUT2D eigenvalue weighted by molar-refractivity contribution is -0.384. The molecule has 0 aliphatic carbocycles. The number of amides is 1. The van der Waals surface area contributed by atoms with E-state index < -0.39 is 15.8 Å². The number of hydrogen-bond acceptors (Lipinski definition) is 6. The van der Waals surface area contributed by atoms with Crippen molar-refractivity contribution < 1.29 is 14.6 Å². The van der Waals surface area contributed by atoms with E-state index in [0.717, 1.165) is 32.4 Å². The topological polar surface area (TPSA) is 119 Å². The Morgan fingerprint density at radius 2 is 1.59 bits per heavy atom. The van der Waals surface area contributed by atoms with Crippen LogP contribution in [-0.2, 0) is 0 Å². The van der Waals surface area contributed by atoms with E-state index in [1.165, 1.54) is 30.3 Å². The van der Waals surface area contributed by atoms with Crippen LogP contribution in [-0.4, -0.2) is 28.8 Å². The molecule has 0 atom stereocenters. The van der Waals surface area contributed by atoms with Gasteiger partial charge in [-0.1, -0.05) is 12.1 Å². The van der Waals surface area contributed by atoms with Crippen molar-refractivity contribution in [3.05, 3.63) is 68.3 Å². The van der Waals surface area contributed by atoms with Crippen LogP contribution >= 0.6 is 0 Å². The molecule has 0 radical (unpaired) electrons. The minimum atomic E-state index is -0.641. The third-order valence-corrected chi connectivity index (χ3v) is 4.48. The summed E-state index contributed by atoms with van der Waals surface area (Å²) in [5, 5.41) is 25.0. The van der Waals surface area contributed by atoms with E-state index in [1.807, 2.05) is 4.90 Å². The third-order valence-electron chi connectivity index (χ3n) is 4.48. The molecule has 1 aliphatic rings. The molecule has 0 unspecified atom stereocenters. The number of nitro benzene ring substituents is 2. The Labute approximate surface area is 154 Å². The number of rotatable bonds is 5. The van der Waals surface area contributed by atoms with Crippen molar-refractivity contribution in [2.75, 3.05) is 23.3 Å². The zero-order chi connectivity index (χ0) is 19.4. The van der Waals surface area contributed by atoms with Crippen molar-refractivity contribution in [3.63, 3.8) is 0 Å². The second-order valence-electron chi connectivity index (χ2n) is 6.24. The van der Waals surface area contributed by atoms with Gasteiger partial charge >= 0.3 is 0 Å². The van der Waals surface area contributed by atoms with E-state index in [9.17, 15) is 25.0 Å². The Morgan fingerprint density at radius 3 is 2.26 bits per heavy atom. The van der Waals surface area contributed by atoms with Gasteiger partial charge in [0.05, 0.1) is 9.85 Å². The molecule has 9 nitrogen and oxygen atoms in total. The minimum Gasteiger partial charge on any atom is -0.366 e. The number of carbonyl (C=O) groups is 1. The maximum atomic E-state index is 12.5. The van der Waals surface area contributed by atoms with Gasteiger partial charge in [0, 0.05) is 30.8 Å². The molecule has 140 valence electrons. The second kappa shape index (κ2) is 7.81. The number of piperidine rings is 1. The summed E-state index contributed by atoms with van der Waals surface area (Å²) in [4.78, 5) is 35.9. The number of anilines is 2. The van der Waals surface area contributed by atoms with E-state index >= 15 is 0 Å². The predicted octanol–water partition coefficient (Wildman–Crippen LogP) is 3.75. The standard InChI is InChI=1S/C18H18N4O5/c23-18(19-14-6-2-3-7-15(14)21(24)25)13-8-9-16(17(12-13)22(26)27)20-10-4-1-5-11-20/h2-3,6-9,12H,1,4-5,10-11H2,(H,19,23). The maximum absolute atomic E-state index is 12.5. The van der Waals surface area contributed by atoms with Gasteiger partial charge in [0.1, 0.15) is 11.4 Å². The molecule has 0 aromatic heterocycles. The Bertz CT molecular complexity index is 893. The molecule has 9 heteroatoms. The van der Waals surface area contributed by atoms with Crippen molar-refractivity contribution in [1.82, 2.24) is 0 Å². The molecule has 0 saturated carbocycles. The average Bonchev–Trinajstić information content (AvgIpc) is 2.68. The highest BCUT2D eigenvalue weighted by atomic mass is 16.6. The molecular formula is C18H18N4O5. The van der Waals surface area contributed by atoms with Gasteiger partial charge in [0.25, 0.3) is 17.3 Å². The van der Waals surface area contributed by atoms with Crippen LogP contribution in [0.5, 0.6) is 0 Å². The van der Waals surface area contributed by atoms with E-state index in [1.54, 1.807) is 12.1 Å². The van der Waals surface area contributed by atoms with Gasteiger partial charge in [-0.15, -0.1) is 0 Å². The first kappa shape index (κ1) is 18.3. The smallest absolute Gasteiger partial charge is 0.293 e. The summed E-state index contributed by atoms with van der Waals surface area (Å²) >= 11 is 0. The van der Waals surface area contributed by atoms with Crippen molar-refractivity contribution in [1.29, 1.82) is 0 Å². The van der Waals surface area contributed by atoms with Crippen LogP contribution in [0.2, 0.25) is 0 Å². The molecule has 0 bridgehead atoms. The summed E-state index contributed by atoms with van der Waals surface area (Å²) in [5.74, 6) is -0.641. The van der Waals surface area contributed by atoms with Crippen molar-refractivity contribution in [3.8, 4) is 0 Å². The van der Waals surface area contributed by atoms with Gasteiger partial charge in [0.2, 0.25) is 0 Å². The van der Waals surface area contributed by atoms with Crippen LogP contribution in [0.25, 0.3) is 0 Å². The molecule has 2 aromatic rings. The Balaban J connectivity index is 1.88. The lowest BCUT2D eigenvalue weighted by Gasteiger charge is -2.28. The number of nitro groups is 2. The number of hydrogen-bond donors (Lipinski definition) is 1. The Kier molecular flexibility index (Phi) is 5.30. The molecule has 27 heavy (non-hydrogen) atoms. The number of nitrogens with zero attached hydrogens (tertiary/aromatic N) is 3. The minimum absolute atomic E-state index is 0.0373. The van der Waals surface area contributed by atoms with Crippen LogP contribution in [0.1, 0.15) is 29.6 Å². The second-order valence-corrected chi connectivity index (χ2v) is 6.24. The van der Waals surface area contributed by atoms with E-state index in [-0.39, 0.29) is 22.6 Å². The SMILES string of the molecule is O=C(Nc1ccccc1[N+](=O)[O-])c1ccc(N2CCCCC2)c([N+](=O)[O-])c1. The van der Waals surface area contributed by atoms with Gasteiger partial charge in [-0.25, -0.2) is 0 Å². The highest BCUT2D eigenvalue weighted by Crippen LogP contribution is 2.32.